The van der Waals surface area contributed by atoms with E-state index in [2.05, 4.69) is 45.9 Å². The minimum absolute atomic E-state index is 0.160. The van der Waals surface area contributed by atoms with Crippen molar-refractivity contribution in [3.05, 3.63) is 23.5 Å². The summed E-state index contributed by atoms with van der Waals surface area (Å²) in [5.41, 5.74) is 0.846. The molecule has 1 unspecified atom stereocenters. The van der Waals surface area contributed by atoms with Gasteiger partial charge in [-0.2, -0.15) is 0 Å². The van der Waals surface area contributed by atoms with Crippen molar-refractivity contribution in [2.45, 2.75) is 59.0 Å². The van der Waals surface area contributed by atoms with Crippen LogP contribution in [0, 0.1) is 0 Å². The minimum Gasteiger partial charge on any atom is -0.0950 e. The molecule has 0 nitrogen and oxygen atoms in total. The largest absolute Gasteiger partial charge is 0.0950 e. The fraction of sp³-hybridized carbons (Fsp3) is 0.765. The third-order valence-electron chi connectivity index (χ3n) is 3.63. The van der Waals surface area contributed by atoms with Gasteiger partial charge in [0, 0.05) is 5.66 Å². The molecular formula is C17H32P2. The maximum atomic E-state index is 2.53. The van der Waals surface area contributed by atoms with Crippen LogP contribution in [0.4, 0.5) is 0 Å². The summed E-state index contributed by atoms with van der Waals surface area (Å²) >= 11 is 0. The lowest BCUT2D eigenvalue weighted by Gasteiger charge is -2.30. The first-order valence-corrected chi connectivity index (χ1v) is 11.6. The smallest absolute Gasteiger partial charge is 0.0228 e. The first-order chi connectivity index (χ1) is 9.28. The highest BCUT2D eigenvalue weighted by molar-refractivity contribution is 7.65. The van der Waals surface area contributed by atoms with Crippen molar-refractivity contribution in [3.63, 3.8) is 0 Å². The van der Waals surface area contributed by atoms with Crippen molar-refractivity contribution < 1.29 is 0 Å². The Labute approximate surface area is 123 Å². The average Bonchev–Trinajstić information content (AvgIpc) is 2.87. The molecule has 1 aliphatic rings. The van der Waals surface area contributed by atoms with Crippen LogP contribution in [-0.4, -0.2) is 30.3 Å². The van der Waals surface area contributed by atoms with Crippen molar-refractivity contribution in [2.24, 2.45) is 0 Å². The van der Waals surface area contributed by atoms with Gasteiger partial charge in [0.25, 0.3) is 0 Å². The molecule has 0 spiro atoms. The highest BCUT2D eigenvalue weighted by Crippen LogP contribution is 2.58. The lowest BCUT2D eigenvalue weighted by molar-refractivity contribution is 1.03. The van der Waals surface area contributed by atoms with Gasteiger partial charge in [0.05, 0.1) is 0 Å². The normalized spacial score (nSPS) is 18.6. The van der Waals surface area contributed by atoms with Crippen LogP contribution in [0.15, 0.2) is 23.5 Å². The molecule has 0 saturated heterocycles. The van der Waals surface area contributed by atoms with Crippen LogP contribution in [0.5, 0.6) is 0 Å². The molecule has 0 aromatic rings. The predicted molar refractivity (Wildman–Crippen MR) is 95.5 cm³/mol. The molecule has 0 aromatic heterocycles. The van der Waals surface area contributed by atoms with E-state index in [9.17, 15) is 0 Å². The summed E-state index contributed by atoms with van der Waals surface area (Å²) in [4.78, 5) is 0. The molecule has 0 fully saturated rings. The van der Waals surface area contributed by atoms with E-state index in [4.69, 9.17) is 0 Å². The van der Waals surface area contributed by atoms with Crippen LogP contribution in [0.25, 0.3) is 0 Å². The van der Waals surface area contributed by atoms with E-state index in [-0.39, 0.29) is 15.8 Å². The molecule has 0 bridgehead atoms. The van der Waals surface area contributed by atoms with Gasteiger partial charge in [-0.1, -0.05) is 87.4 Å². The molecule has 2 heteroatoms. The molecule has 0 N–H and O–H groups in total. The Balaban J connectivity index is 2.75. The van der Waals surface area contributed by atoms with Crippen molar-refractivity contribution in [1.29, 1.82) is 0 Å². The van der Waals surface area contributed by atoms with Gasteiger partial charge in [-0.3, -0.25) is 0 Å². The molecule has 1 rings (SSSR count). The van der Waals surface area contributed by atoms with E-state index < -0.39 is 0 Å². The lowest BCUT2D eigenvalue weighted by Crippen LogP contribution is -2.09. The second-order valence-electron chi connectivity index (χ2n) is 5.44. The second-order valence-corrected chi connectivity index (χ2v) is 10.6. The quantitative estimate of drug-likeness (QED) is 0.409. The molecule has 1 aliphatic carbocycles. The molecule has 0 aromatic carbocycles. The van der Waals surface area contributed by atoms with Crippen LogP contribution in [0.1, 0.15) is 53.4 Å². The first-order valence-electron chi connectivity index (χ1n) is 8.15. The number of hydrogen-bond acceptors (Lipinski definition) is 0. The molecule has 0 saturated carbocycles. The summed E-state index contributed by atoms with van der Waals surface area (Å²) in [5, 5.41) is 1.85. The second kappa shape index (κ2) is 10.1. The molecule has 1 atom stereocenters. The van der Waals surface area contributed by atoms with Gasteiger partial charge < -0.3 is 0 Å². The standard InChI is InChI=1S/C17H32P2/c1-5-12-18(13-6-2)16-10-9-11-17(16)19(14-7-3)15-8-4/h9-11,16H,5-8,12-15H2,1-4H3. The maximum Gasteiger partial charge on any atom is 0.0228 e. The summed E-state index contributed by atoms with van der Waals surface area (Å²) in [6.07, 6.45) is 18.7. The predicted octanol–water partition coefficient (Wildman–Crippen LogP) is 6.41. The highest BCUT2D eigenvalue weighted by atomic mass is 31.1. The van der Waals surface area contributed by atoms with Gasteiger partial charge in [0.2, 0.25) is 0 Å². The first kappa shape index (κ1) is 17.4. The Kier molecular flexibility index (Phi) is 9.27. The van der Waals surface area contributed by atoms with Gasteiger partial charge in [0.15, 0.2) is 0 Å². The summed E-state index contributed by atoms with van der Waals surface area (Å²) in [5.74, 6) is 0. The summed E-state index contributed by atoms with van der Waals surface area (Å²) < 4.78 is 0. The fourth-order valence-electron chi connectivity index (χ4n) is 2.93. The fourth-order valence-corrected chi connectivity index (χ4v) is 9.22. The van der Waals surface area contributed by atoms with Gasteiger partial charge in [-0.25, -0.2) is 0 Å². The van der Waals surface area contributed by atoms with Gasteiger partial charge in [-0.05, 0) is 30.0 Å². The molecule has 110 valence electrons. The highest BCUT2D eigenvalue weighted by Gasteiger charge is 2.27. The number of hydrogen-bond donors (Lipinski definition) is 0. The van der Waals surface area contributed by atoms with E-state index in [0.29, 0.717) is 0 Å². The molecule has 0 heterocycles. The SMILES string of the molecule is CCCP(CCC)C1=CC=CC1P(CCC)CCC. The van der Waals surface area contributed by atoms with Crippen LogP contribution in [-0.2, 0) is 0 Å². The van der Waals surface area contributed by atoms with Crippen molar-refractivity contribution in [2.75, 3.05) is 24.6 Å². The zero-order valence-electron chi connectivity index (χ0n) is 13.4. The number of rotatable bonds is 10. The Morgan fingerprint density at radius 2 is 1.37 bits per heavy atom. The Morgan fingerprint density at radius 3 is 1.84 bits per heavy atom. The molecule has 19 heavy (non-hydrogen) atoms. The third-order valence-corrected chi connectivity index (χ3v) is 10.2. The Hall–Kier alpha value is 0.340. The van der Waals surface area contributed by atoms with Crippen molar-refractivity contribution in [1.82, 2.24) is 0 Å². The molecule has 0 amide bonds. The van der Waals surface area contributed by atoms with Gasteiger partial charge >= 0.3 is 0 Å². The van der Waals surface area contributed by atoms with Crippen LogP contribution in [0.2, 0.25) is 0 Å². The van der Waals surface area contributed by atoms with E-state index in [1.807, 2.05) is 5.31 Å². The van der Waals surface area contributed by atoms with Gasteiger partial charge in [-0.15, -0.1) is 0 Å². The van der Waals surface area contributed by atoms with Crippen LogP contribution in [0.3, 0.4) is 0 Å². The number of allylic oxidation sites excluding steroid dienone is 4. The zero-order valence-corrected chi connectivity index (χ0v) is 15.1. The molecule has 0 aliphatic heterocycles. The van der Waals surface area contributed by atoms with E-state index in [1.165, 1.54) is 50.3 Å². The van der Waals surface area contributed by atoms with Gasteiger partial charge in [0.1, 0.15) is 0 Å². The van der Waals surface area contributed by atoms with Crippen molar-refractivity contribution >= 4 is 15.8 Å². The van der Waals surface area contributed by atoms with E-state index >= 15 is 0 Å². The Bertz CT molecular complexity index is 282. The minimum atomic E-state index is 0.160. The maximum absolute atomic E-state index is 2.53. The third kappa shape index (κ3) is 5.32. The topological polar surface area (TPSA) is 0 Å². The monoisotopic (exact) mass is 298 g/mol. The lowest BCUT2D eigenvalue weighted by atomic mass is 10.5. The summed E-state index contributed by atoms with van der Waals surface area (Å²) in [6, 6.07) is 0. The molecular weight excluding hydrogens is 266 g/mol. The summed E-state index contributed by atoms with van der Waals surface area (Å²) in [6.45, 7) is 9.41. The summed E-state index contributed by atoms with van der Waals surface area (Å²) in [7, 11) is 0.366. The molecule has 0 radical (unpaired) electrons. The zero-order chi connectivity index (χ0) is 14.1. The Morgan fingerprint density at radius 1 is 0.842 bits per heavy atom. The van der Waals surface area contributed by atoms with Crippen LogP contribution >= 0.6 is 15.8 Å². The average molecular weight is 298 g/mol. The van der Waals surface area contributed by atoms with E-state index in [0.717, 1.165) is 5.66 Å². The van der Waals surface area contributed by atoms with Crippen LogP contribution < -0.4 is 0 Å². The van der Waals surface area contributed by atoms with Crippen molar-refractivity contribution in [3.8, 4) is 0 Å². The van der Waals surface area contributed by atoms with E-state index in [1.54, 1.807) is 0 Å².